The summed E-state index contributed by atoms with van der Waals surface area (Å²) < 4.78 is 18.5. The number of carbonyl (C=O) groups excluding carboxylic acids is 2. The number of ether oxygens (including phenoxy) is 3. The minimum absolute atomic E-state index is 0.0893. The van der Waals surface area contributed by atoms with Gasteiger partial charge in [-0.15, -0.1) is 0 Å². The molecule has 0 saturated carbocycles. The van der Waals surface area contributed by atoms with Crippen LogP contribution in [0.15, 0.2) is 79.0 Å². The van der Waals surface area contributed by atoms with Crippen molar-refractivity contribution in [2.45, 2.75) is 52.1 Å². The van der Waals surface area contributed by atoms with Gasteiger partial charge in [-0.05, 0) is 93.1 Å². The van der Waals surface area contributed by atoms with Crippen molar-refractivity contribution in [1.29, 1.82) is 0 Å². The second-order valence-corrected chi connectivity index (χ2v) is 14.8. The van der Waals surface area contributed by atoms with Gasteiger partial charge in [0.1, 0.15) is 12.4 Å². The summed E-state index contributed by atoms with van der Waals surface area (Å²) in [7, 11) is 3.15. The van der Waals surface area contributed by atoms with Gasteiger partial charge in [-0.25, -0.2) is 19.4 Å². The zero-order chi connectivity index (χ0) is 38.3. The number of aromatic nitrogens is 4. The van der Waals surface area contributed by atoms with Crippen molar-refractivity contribution < 1.29 is 23.8 Å². The third-order valence-electron chi connectivity index (χ3n) is 10.9. The highest BCUT2D eigenvalue weighted by Crippen LogP contribution is 2.33. The first-order valence-corrected chi connectivity index (χ1v) is 19.2. The number of carbonyl (C=O) groups is 2. The van der Waals surface area contributed by atoms with E-state index in [2.05, 4.69) is 46.0 Å². The van der Waals surface area contributed by atoms with Crippen LogP contribution in [0.25, 0.3) is 16.7 Å². The SMILES string of the molecule is COC(=O)CC(CN1CC[C@@H](CCc2cc(OC)c3cccnc3n2)C1)c1cc(N2CCN(C(=O)OCc3ccccc3)CC2)cc(-n2nc(C)cc2C)c1. The van der Waals surface area contributed by atoms with Gasteiger partial charge in [0.25, 0.3) is 0 Å². The summed E-state index contributed by atoms with van der Waals surface area (Å²) in [6.07, 6.45) is 4.68. The number of likely N-dealkylation sites (tertiary alicyclic amines) is 1. The maximum Gasteiger partial charge on any atom is 0.410 e. The fourth-order valence-electron chi connectivity index (χ4n) is 7.93. The monoisotopic (exact) mass is 745 g/mol. The van der Waals surface area contributed by atoms with Crippen LogP contribution in [0.4, 0.5) is 10.5 Å². The first kappa shape index (κ1) is 37.8. The molecule has 2 aromatic carbocycles. The van der Waals surface area contributed by atoms with E-state index >= 15 is 0 Å². The molecular weight excluding hydrogens is 695 g/mol. The highest BCUT2D eigenvalue weighted by Gasteiger charge is 2.29. The van der Waals surface area contributed by atoms with E-state index in [4.69, 9.17) is 24.3 Å². The number of pyridine rings is 2. The van der Waals surface area contributed by atoms with Crippen LogP contribution >= 0.6 is 0 Å². The number of rotatable bonds is 13. The van der Waals surface area contributed by atoms with Crippen LogP contribution < -0.4 is 9.64 Å². The number of piperazine rings is 1. The van der Waals surface area contributed by atoms with Gasteiger partial charge >= 0.3 is 12.1 Å². The normalized spacial score (nSPS) is 16.7. The Morgan fingerprint density at radius 2 is 1.71 bits per heavy atom. The van der Waals surface area contributed by atoms with E-state index in [0.717, 1.165) is 89.6 Å². The predicted molar refractivity (Wildman–Crippen MR) is 212 cm³/mol. The van der Waals surface area contributed by atoms with Crippen molar-refractivity contribution in [2.24, 2.45) is 5.92 Å². The number of nitrogens with zero attached hydrogens (tertiary/aromatic N) is 7. The molecule has 2 saturated heterocycles. The van der Waals surface area contributed by atoms with Crippen LogP contribution in [0.3, 0.4) is 0 Å². The minimum atomic E-state index is -0.298. The summed E-state index contributed by atoms with van der Waals surface area (Å²) in [5.74, 6) is 0.996. The Hall–Kier alpha value is -5.49. The van der Waals surface area contributed by atoms with E-state index in [1.54, 1.807) is 18.2 Å². The molecule has 0 aliphatic carbocycles. The molecule has 12 nitrogen and oxygen atoms in total. The smallest absolute Gasteiger partial charge is 0.410 e. The summed E-state index contributed by atoms with van der Waals surface area (Å²) in [4.78, 5) is 41.8. The number of anilines is 1. The molecule has 5 aromatic rings. The largest absolute Gasteiger partial charge is 0.496 e. The third kappa shape index (κ3) is 9.25. The highest BCUT2D eigenvalue weighted by molar-refractivity contribution is 5.82. The van der Waals surface area contributed by atoms with Gasteiger partial charge in [0.05, 0.1) is 37.4 Å². The van der Waals surface area contributed by atoms with Crippen LogP contribution in [0.2, 0.25) is 0 Å². The molecule has 0 spiro atoms. The third-order valence-corrected chi connectivity index (χ3v) is 10.9. The van der Waals surface area contributed by atoms with Crippen LogP contribution in [-0.2, 0) is 27.3 Å². The van der Waals surface area contributed by atoms with Gasteiger partial charge in [-0.2, -0.15) is 5.10 Å². The molecule has 1 unspecified atom stereocenters. The number of methoxy groups -OCH3 is 2. The quantitative estimate of drug-likeness (QED) is 0.124. The van der Waals surface area contributed by atoms with Crippen molar-refractivity contribution in [3.05, 3.63) is 107 Å². The Balaban J connectivity index is 1.06. The average Bonchev–Trinajstić information content (AvgIpc) is 3.82. The lowest BCUT2D eigenvalue weighted by atomic mass is 9.93. The van der Waals surface area contributed by atoms with Crippen LogP contribution in [0.5, 0.6) is 5.75 Å². The van der Waals surface area contributed by atoms with Crippen molar-refractivity contribution in [2.75, 3.05) is 64.9 Å². The summed E-state index contributed by atoms with van der Waals surface area (Å²) in [6.45, 7) is 9.36. The van der Waals surface area contributed by atoms with E-state index in [1.165, 1.54) is 7.11 Å². The zero-order valence-electron chi connectivity index (χ0n) is 32.3. The van der Waals surface area contributed by atoms with E-state index in [1.807, 2.05) is 60.1 Å². The highest BCUT2D eigenvalue weighted by atomic mass is 16.6. The topological polar surface area (TPSA) is 115 Å². The summed E-state index contributed by atoms with van der Waals surface area (Å²) in [5.41, 5.74) is 7.70. The molecule has 0 radical (unpaired) electrons. The Labute approximate surface area is 323 Å². The number of hydrogen-bond acceptors (Lipinski definition) is 10. The van der Waals surface area contributed by atoms with Crippen LogP contribution in [0, 0.1) is 19.8 Å². The van der Waals surface area contributed by atoms with Gasteiger partial charge in [-0.1, -0.05) is 30.3 Å². The summed E-state index contributed by atoms with van der Waals surface area (Å²) in [5, 5.41) is 5.74. The Morgan fingerprint density at radius 3 is 2.45 bits per heavy atom. The van der Waals surface area contributed by atoms with Gasteiger partial charge < -0.3 is 28.9 Å². The second kappa shape index (κ2) is 17.3. The van der Waals surface area contributed by atoms with Gasteiger partial charge in [0.15, 0.2) is 5.65 Å². The van der Waals surface area contributed by atoms with E-state index in [0.29, 0.717) is 37.7 Å². The first-order valence-electron chi connectivity index (χ1n) is 19.2. The number of fused-ring (bicyclic) bond motifs is 1. The molecule has 55 heavy (non-hydrogen) atoms. The van der Waals surface area contributed by atoms with Crippen molar-refractivity contribution in [3.8, 4) is 11.4 Å². The molecule has 2 aliphatic heterocycles. The number of esters is 1. The zero-order valence-corrected chi connectivity index (χ0v) is 32.3. The average molecular weight is 746 g/mol. The molecule has 2 aliphatic rings. The summed E-state index contributed by atoms with van der Waals surface area (Å²) >= 11 is 0. The van der Waals surface area contributed by atoms with E-state index < -0.39 is 0 Å². The Bertz CT molecular complexity index is 2100. The van der Waals surface area contributed by atoms with Crippen LogP contribution in [0.1, 0.15) is 53.4 Å². The maximum atomic E-state index is 13.0. The Kier molecular flexibility index (Phi) is 11.9. The molecule has 5 heterocycles. The van der Waals surface area contributed by atoms with Gasteiger partial charge in [0, 0.05) is 74.5 Å². The van der Waals surface area contributed by atoms with Crippen molar-refractivity contribution in [1.82, 2.24) is 29.5 Å². The lowest BCUT2D eigenvalue weighted by Gasteiger charge is -2.36. The van der Waals surface area contributed by atoms with Crippen molar-refractivity contribution >= 4 is 28.8 Å². The minimum Gasteiger partial charge on any atom is -0.496 e. The fraction of sp³-hybridized carbons (Fsp3) is 0.419. The molecule has 7 rings (SSSR count). The molecule has 12 heteroatoms. The van der Waals surface area contributed by atoms with E-state index in [9.17, 15) is 9.59 Å². The Morgan fingerprint density at radius 1 is 0.909 bits per heavy atom. The lowest BCUT2D eigenvalue weighted by molar-refractivity contribution is -0.141. The molecule has 1 amide bonds. The van der Waals surface area contributed by atoms with Crippen LogP contribution in [-0.4, -0.2) is 102 Å². The lowest BCUT2D eigenvalue weighted by Crippen LogP contribution is -2.49. The summed E-state index contributed by atoms with van der Waals surface area (Å²) in [6, 6.07) is 24.3. The molecule has 0 N–H and O–H groups in total. The predicted octanol–water partition coefficient (Wildman–Crippen LogP) is 6.50. The fourth-order valence-corrected chi connectivity index (χ4v) is 7.93. The molecule has 0 bridgehead atoms. The van der Waals surface area contributed by atoms with E-state index in [-0.39, 0.29) is 31.0 Å². The maximum absolute atomic E-state index is 13.0. The molecule has 288 valence electrons. The molecule has 2 atom stereocenters. The molecule has 3 aromatic heterocycles. The molecule has 2 fully saturated rings. The second-order valence-electron chi connectivity index (χ2n) is 14.8. The first-order chi connectivity index (χ1) is 26.8. The van der Waals surface area contributed by atoms with Gasteiger partial charge in [0.2, 0.25) is 0 Å². The number of amides is 1. The van der Waals surface area contributed by atoms with Crippen molar-refractivity contribution in [3.63, 3.8) is 0 Å². The number of hydrogen-bond donors (Lipinski definition) is 0. The number of aryl methyl sites for hydroxylation is 3. The number of benzene rings is 2. The van der Waals surface area contributed by atoms with Gasteiger partial charge in [-0.3, -0.25) is 4.79 Å². The molecular formula is C43H51N7O5. The standard InChI is InChI=1S/C43H51N7O5/c1-30-21-31(2)50(46-30)38-23-34(22-37(26-38)48-17-19-49(20-18-48)43(52)55-29-33-9-6-5-7-10-33)35(24-41(51)54-4)28-47-16-14-32(27-47)12-13-36-25-40(53-3)39-11-8-15-44-42(39)45-36/h5-11,15,21-23,25-26,32,35H,12-14,16-20,24,27-29H2,1-4H3/t32-,35?/m1/s1.